The second kappa shape index (κ2) is 10.2. The van der Waals surface area contributed by atoms with E-state index in [0.29, 0.717) is 12.8 Å². The summed E-state index contributed by atoms with van der Waals surface area (Å²) in [6.45, 7) is 4.27. The Kier molecular flexibility index (Phi) is 7.89. The molecule has 1 N–H and O–H groups in total. The van der Waals surface area contributed by atoms with Gasteiger partial charge in [-0.05, 0) is 69.1 Å². The van der Waals surface area contributed by atoms with E-state index in [-0.39, 0.29) is 5.91 Å². The SMILES string of the molecule is COc1ccc(OC)c(CCC(=O)NCCCN2CCCCC2)c1. The van der Waals surface area contributed by atoms with E-state index in [9.17, 15) is 4.79 Å². The molecule has 0 aliphatic carbocycles. The standard InChI is InChI=1S/C19H30N2O3/c1-23-17-8-9-18(24-2)16(15-17)7-10-19(22)20-11-6-14-21-12-4-3-5-13-21/h8-9,15H,3-7,10-14H2,1-2H3,(H,20,22). The molecule has 1 aromatic rings. The molecule has 1 saturated heterocycles. The highest BCUT2D eigenvalue weighted by Crippen LogP contribution is 2.25. The first-order valence-corrected chi connectivity index (χ1v) is 8.93. The van der Waals surface area contributed by atoms with E-state index in [0.717, 1.165) is 36.6 Å². The second-order valence-electron chi connectivity index (χ2n) is 6.28. The van der Waals surface area contributed by atoms with Crippen molar-refractivity contribution in [2.24, 2.45) is 0 Å². The number of benzene rings is 1. The summed E-state index contributed by atoms with van der Waals surface area (Å²) in [7, 11) is 3.28. The molecule has 0 spiro atoms. The van der Waals surface area contributed by atoms with Gasteiger partial charge in [0, 0.05) is 13.0 Å². The number of rotatable bonds is 9. The Hall–Kier alpha value is -1.75. The summed E-state index contributed by atoms with van der Waals surface area (Å²) < 4.78 is 10.6. The third-order valence-corrected chi connectivity index (χ3v) is 4.53. The zero-order valence-electron chi connectivity index (χ0n) is 15.0. The number of ether oxygens (including phenoxy) is 2. The van der Waals surface area contributed by atoms with Crippen LogP contribution >= 0.6 is 0 Å². The number of hydrogen-bond acceptors (Lipinski definition) is 4. The molecule has 1 aliphatic rings. The smallest absolute Gasteiger partial charge is 0.220 e. The fourth-order valence-corrected chi connectivity index (χ4v) is 3.13. The molecule has 0 radical (unpaired) electrons. The summed E-state index contributed by atoms with van der Waals surface area (Å²) in [6.07, 6.45) is 6.13. The van der Waals surface area contributed by atoms with Crippen LogP contribution in [0, 0.1) is 0 Å². The summed E-state index contributed by atoms with van der Waals surface area (Å²) in [5.74, 6) is 1.68. The molecule has 0 atom stereocenters. The van der Waals surface area contributed by atoms with Gasteiger partial charge >= 0.3 is 0 Å². The molecule has 24 heavy (non-hydrogen) atoms. The summed E-state index contributed by atoms with van der Waals surface area (Å²) in [5.41, 5.74) is 1.00. The first-order valence-electron chi connectivity index (χ1n) is 8.93. The van der Waals surface area contributed by atoms with Crippen molar-refractivity contribution in [3.8, 4) is 11.5 Å². The molecule has 134 valence electrons. The van der Waals surface area contributed by atoms with Crippen LogP contribution in [0.3, 0.4) is 0 Å². The summed E-state index contributed by atoms with van der Waals surface area (Å²) in [4.78, 5) is 14.5. The Balaban J connectivity index is 1.67. The molecule has 5 heteroatoms. The number of hydrogen-bond donors (Lipinski definition) is 1. The topological polar surface area (TPSA) is 50.8 Å². The van der Waals surface area contributed by atoms with Crippen molar-refractivity contribution in [1.29, 1.82) is 0 Å². The van der Waals surface area contributed by atoms with Crippen molar-refractivity contribution >= 4 is 5.91 Å². The van der Waals surface area contributed by atoms with Gasteiger partial charge in [-0.25, -0.2) is 0 Å². The number of nitrogens with zero attached hydrogens (tertiary/aromatic N) is 1. The number of likely N-dealkylation sites (tertiary alicyclic amines) is 1. The van der Waals surface area contributed by atoms with Gasteiger partial charge in [0.15, 0.2) is 0 Å². The summed E-state index contributed by atoms with van der Waals surface area (Å²) >= 11 is 0. The zero-order valence-corrected chi connectivity index (χ0v) is 15.0. The maximum absolute atomic E-state index is 12.0. The van der Waals surface area contributed by atoms with E-state index < -0.39 is 0 Å². The number of carbonyl (C=O) groups excluding carboxylic acids is 1. The lowest BCUT2D eigenvalue weighted by molar-refractivity contribution is -0.121. The molecule has 1 aromatic carbocycles. The quantitative estimate of drug-likeness (QED) is 0.705. The Morgan fingerprint density at radius 1 is 1.17 bits per heavy atom. The average molecular weight is 334 g/mol. The van der Waals surface area contributed by atoms with Gasteiger partial charge in [-0.2, -0.15) is 0 Å². The number of methoxy groups -OCH3 is 2. The molecule has 0 aromatic heterocycles. The minimum atomic E-state index is 0.0958. The Bertz CT molecular complexity index is 513. The molecule has 1 heterocycles. The predicted octanol–water partition coefficient (Wildman–Crippen LogP) is 2.63. The lowest BCUT2D eigenvalue weighted by Gasteiger charge is -2.26. The summed E-state index contributed by atoms with van der Waals surface area (Å²) in [5, 5.41) is 3.02. The van der Waals surface area contributed by atoms with Crippen molar-refractivity contribution < 1.29 is 14.3 Å². The van der Waals surface area contributed by atoms with Crippen molar-refractivity contribution in [2.75, 3.05) is 40.4 Å². The number of piperidine rings is 1. The lowest BCUT2D eigenvalue weighted by Crippen LogP contribution is -2.33. The fraction of sp³-hybridized carbons (Fsp3) is 0.632. The molecule has 2 rings (SSSR count). The average Bonchev–Trinajstić information content (AvgIpc) is 2.64. The van der Waals surface area contributed by atoms with Gasteiger partial charge in [0.1, 0.15) is 11.5 Å². The van der Waals surface area contributed by atoms with Crippen LogP contribution < -0.4 is 14.8 Å². The van der Waals surface area contributed by atoms with Gasteiger partial charge in [-0.15, -0.1) is 0 Å². The highest BCUT2D eigenvalue weighted by Gasteiger charge is 2.10. The van der Waals surface area contributed by atoms with Crippen LogP contribution in [0.1, 0.15) is 37.7 Å². The number of nitrogens with one attached hydrogen (secondary N) is 1. The monoisotopic (exact) mass is 334 g/mol. The van der Waals surface area contributed by atoms with E-state index in [1.165, 1.54) is 32.4 Å². The predicted molar refractivity (Wildman–Crippen MR) is 95.8 cm³/mol. The van der Waals surface area contributed by atoms with Crippen LogP contribution in [0.2, 0.25) is 0 Å². The number of aryl methyl sites for hydroxylation is 1. The van der Waals surface area contributed by atoms with E-state index in [2.05, 4.69) is 10.2 Å². The van der Waals surface area contributed by atoms with E-state index >= 15 is 0 Å². The largest absolute Gasteiger partial charge is 0.497 e. The molecule has 1 fully saturated rings. The van der Waals surface area contributed by atoms with Crippen molar-refractivity contribution in [3.05, 3.63) is 23.8 Å². The Morgan fingerprint density at radius 3 is 2.67 bits per heavy atom. The minimum Gasteiger partial charge on any atom is -0.497 e. The highest BCUT2D eigenvalue weighted by atomic mass is 16.5. The summed E-state index contributed by atoms with van der Waals surface area (Å²) in [6, 6.07) is 5.68. The molecule has 1 aliphatic heterocycles. The Labute approximate surface area is 145 Å². The van der Waals surface area contributed by atoms with Gasteiger partial charge in [0.25, 0.3) is 0 Å². The van der Waals surface area contributed by atoms with Crippen LogP contribution in [0.25, 0.3) is 0 Å². The first-order chi connectivity index (χ1) is 11.7. The molecule has 5 nitrogen and oxygen atoms in total. The van der Waals surface area contributed by atoms with E-state index in [1.807, 2.05) is 18.2 Å². The molecule has 0 unspecified atom stereocenters. The maximum Gasteiger partial charge on any atom is 0.220 e. The van der Waals surface area contributed by atoms with Gasteiger partial charge in [-0.1, -0.05) is 6.42 Å². The van der Waals surface area contributed by atoms with Crippen LogP contribution in [0.5, 0.6) is 11.5 Å². The van der Waals surface area contributed by atoms with Crippen molar-refractivity contribution in [2.45, 2.75) is 38.5 Å². The third kappa shape index (κ3) is 6.04. The maximum atomic E-state index is 12.0. The lowest BCUT2D eigenvalue weighted by atomic mass is 10.1. The van der Waals surface area contributed by atoms with Crippen LogP contribution in [-0.2, 0) is 11.2 Å². The highest BCUT2D eigenvalue weighted by molar-refractivity contribution is 5.76. The minimum absolute atomic E-state index is 0.0958. The second-order valence-corrected chi connectivity index (χ2v) is 6.28. The first kappa shape index (κ1) is 18.6. The third-order valence-electron chi connectivity index (χ3n) is 4.53. The molecule has 0 bridgehead atoms. The van der Waals surface area contributed by atoms with Crippen LogP contribution in [-0.4, -0.2) is 51.2 Å². The molecule has 1 amide bonds. The molecular formula is C19H30N2O3. The molecule has 0 saturated carbocycles. The number of carbonyl (C=O) groups is 1. The fourth-order valence-electron chi connectivity index (χ4n) is 3.13. The van der Waals surface area contributed by atoms with Crippen molar-refractivity contribution in [1.82, 2.24) is 10.2 Å². The normalized spacial score (nSPS) is 15.1. The van der Waals surface area contributed by atoms with Crippen molar-refractivity contribution in [3.63, 3.8) is 0 Å². The van der Waals surface area contributed by atoms with Gasteiger partial charge < -0.3 is 19.7 Å². The van der Waals surface area contributed by atoms with Crippen LogP contribution in [0.4, 0.5) is 0 Å². The number of amides is 1. The van der Waals surface area contributed by atoms with Gasteiger partial charge in [0.2, 0.25) is 5.91 Å². The Morgan fingerprint density at radius 2 is 1.96 bits per heavy atom. The van der Waals surface area contributed by atoms with Crippen LogP contribution in [0.15, 0.2) is 18.2 Å². The van der Waals surface area contributed by atoms with Gasteiger partial charge in [0.05, 0.1) is 14.2 Å². The zero-order chi connectivity index (χ0) is 17.2. The van der Waals surface area contributed by atoms with Gasteiger partial charge in [-0.3, -0.25) is 4.79 Å². The molecular weight excluding hydrogens is 304 g/mol. The van der Waals surface area contributed by atoms with E-state index in [4.69, 9.17) is 9.47 Å². The van der Waals surface area contributed by atoms with E-state index in [1.54, 1.807) is 14.2 Å².